The van der Waals surface area contributed by atoms with Crippen molar-refractivity contribution in [2.24, 2.45) is 0 Å². The van der Waals surface area contributed by atoms with Gasteiger partial charge in [0.15, 0.2) is 0 Å². The molecule has 0 aromatic heterocycles. The van der Waals surface area contributed by atoms with E-state index in [1.165, 1.54) is 12.1 Å². The van der Waals surface area contributed by atoms with Crippen molar-refractivity contribution in [1.29, 1.82) is 0 Å². The predicted molar refractivity (Wildman–Crippen MR) is 82.1 cm³/mol. The van der Waals surface area contributed by atoms with Gasteiger partial charge in [-0.2, -0.15) is 0 Å². The van der Waals surface area contributed by atoms with Crippen molar-refractivity contribution in [3.63, 3.8) is 0 Å². The third kappa shape index (κ3) is 5.70. The number of sulfonamides is 1. The van der Waals surface area contributed by atoms with Crippen LogP contribution in [0.5, 0.6) is 0 Å². The van der Waals surface area contributed by atoms with Gasteiger partial charge in [0.25, 0.3) is 0 Å². The largest absolute Gasteiger partial charge is 0.313 e. The fourth-order valence-corrected chi connectivity index (χ4v) is 3.35. The Kier molecular flexibility index (Phi) is 6.73. The summed E-state index contributed by atoms with van der Waals surface area (Å²) in [6.45, 7) is 5.52. The molecule has 1 atom stereocenters. The lowest BCUT2D eigenvalue weighted by molar-refractivity contribution is 0.370. The number of rotatable bonds is 8. The molecular weight excluding hydrogens is 293 g/mol. The highest BCUT2D eigenvalue weighted by Crippen LogP contribution is 2.16. The first-order chi connectivity index (χ1) is 9.76. The van der Waals surface area contributed by atoms with Crippen LogP contribution in [0.3, 0.4) is 0 Å². The van der Waals surface area contributed by atoms with Gasteiger partial charge >= 0.3 is 0 Å². The molecule has 1 aromatic rings. The van der Waals surface area contributed by atoms with Crippen LogP contribution in [0.15, 0.2) is 23.1 Å². The lowest BCUT2D eigenvalue weighted by atomic mass is 10.2. The molecule has 0 amide bonds. The molecule has 0 radical (unpaired) electrons. The summed E-state index contributed by atoms with van der Waals surface area (Å²) in [5, 5.41) is 3.07. The van der Waals surface area contributed by atoms with Crippen molar-refractivity contribution in [3.8, 4) is 0 Å². The third-order valence-corrected chi connectivity index (χ3v) is 4.48. The normalized spacial score (nSPS) is 13.6. The highest BCUT2D eigenvalue weighted by atomic mass is 32.2. The van der Waals surface area contributed by atoms with Crippen LogP contribution in [-0.4, -0.2) is 46.5 Å². The lowest BCUT2D eigenvalue weighted by Gasteiger charge is -2.18. The molecule has 1 rings (SSSR count). The van der Waals surface area contributed by atoms with Gasteiger partial charge in [0.2, 0.25) is 10.0 Å². The Morgan fingerprint density at radius 1 is 1.33 bits per heavy atom. The van der Waals surface area contributed by atoms with Crippen molar-refractivity contribution in [3.05, 3.63) is 29.6 Å². The maximum atomic E-state index is 14.0. The molecule has 0 spiro atoms. The van der Waals surface area contributed by atoms with E-state index < -0.39 is 15.8 Å². The topological polar surface area (TPSA) is 61.4 Å². The minimum Gasteiger partial charge on any atom is -0.313 e. The van der Waals surface area contributed by atoms with Gasteiger partial charge < -0.3 is 10.2 Å². The SMILES string of the molecule is CCNCc1ccc(S(=O)(=O)NC(C)CN(C)C)c(F)c1. The summed E-state index contributed by atoms with van der Waals surface area (Å²) in [5.74, 6) is -0.727. The van der Waals surface area contributed by atoms with Crippen LogP contribution in [0, 0.1) is 5.82 Å². The van der Waals surface area contributed by atoms with E-state index in [4.69, 9.17) is 0 Å². The summed E-state index contributed by atoms with van der Waals surface area (Å²) in [6.07, 6.45) is 0. The van der Waals surface area contributed by atoms with Crippen LogP contribution in [-0.2, 0) is 16.6 Å². The van der Waals surface area contributed by atoms with Crippen LogP contribution in [0.25, 0.3) is 0 Å². The molecular formula is C14H24FN3O2S. The Bertz CT molecular complexity index is 561. The van der Waals surface area contributed by atoms with E-state index in [1.807, 2.05) is 25.9 Å². The second-order valence-corrected chi connectivity index (χ2v) is 7.01. The first-order valence-corrected chi connectivity index (χ1v) is 8.40. The quantitative estimate of drug-likeness (QED) is 0.755. The molecule has 0 aliphatic carbocycles. The molecule has 5 nitrogen and oxygen atoms in total. The smallest absolute Gasteiger partial charge is 0.243 e. The fraction of sp³-hybridized carbons (Fsp3) is 0.571. The Morgan fingerprint density at radius 3 is 2.52 bits per heavy atom. The van der Waals surface area contributed by atoms with E-state index in [9.17, 15) is 12.8 Å². The highest BCUT2D eigenvalue weighted by Gasteiger charge is 2.21. The third-order valence-electron chi connectivity index (χ3n) is 2.86. The molecule has 1 unspecified atom stereocenters. The number of hydrogen-bond acceptors (Lipinski definition) is 4. The predicted octanol–water partition coefficient (Wildman–Crippen LogP) is 1.16. The number of nitrogens with zero attached hydrogens (tertiary/aromatic N) is 1. The van der Waals surface area contributed by atoms with Crippen molar-refractivity contribution in [2.45, 2.75) is 31.3 Å². The zero-order chi connectivity index (χ0) is 16.0. The molecule has 0 saturated heterocycles. The summed E-state index contributed by atoms with van der Waals surface area (Å²) in [5.41, 5.74) is 0.717. The average Bonchev–Trinajstić information content (AvgIpc) is 2.34. The average molecular weight is 317 g/mol. The van der Waals surface area contributed by atoms with E-state index in [-0.39, 0.29) is 10.9 Å². The zero-order valence-corrected chi connectivity index (χ0v) is 13.8. The standard InChI is InChI=1S/C14H24FN3O2S/c1-5-16-9-12-6-7-14(13(15)8-12)21(19,20)17-11(2)10-18(3)4/h6-8,11,16-17H,5,9-10H2,1-4H3. The molecule has 1 aromatic carbocycles. The van der Waals surface area contributed by atoms with E-state index in [0.717, 1.165) is 12.1 Å². The van der Waals surface area contributed by atoms with Gasteiger partial charge in [-0.1, -0.05) is 13.0 Å². The zero-order valence-electron chi connectivity index (χ0n) is 13.0. The first kappa shape index (κ1) is 18.0. The molecule has 0 aliphatic rings. The lowest BCUT2D eigenvalue weighted by Crippen LogP contribution is -2.39. The molecule has 7 heteroatoms. The van der Waals surface area contributed by atoms with Gasteiger partial charge in [0.05, 0.1) is 0 Å². The molecule has 0 saturated carbocycles. The first-order valence-electron chi connectivity index (χ1n) is 6.92. The molecule has 0 heterocycles. The highest BCUT2D eigenvalue weighted by molar-refractivity contribution is 7.89. The Balaban J connectivity index is 2.88. The van der Waals surface area contributed by atoms with E-state index in [2.05, 4.69) is 10.0 Å². The second kappa shape index (κ2) is 7.84. The minimum atomic E-state index is -3.85. The fourth-order valence-electron chi connectivity index (χ4n) is 2.05. The van der Waals surface area contributed by atoms with Crippen LogP contribution in [0.1, 0.15) is 19.4 Å². The van der Waals surface area contributed by atoms with Crippen LogP contribution < -0.4 is 10.0 Å². The molecule has 0 aliphatic heterocycles. The van der Waals surface area contributed by atoms with Gasteiger partial charge in [0, 0.05) is 19.1 Å². The van der Waals surface area contributed by atoms with Crippen LogP contribution in [0.2, 0.25) is 0 Å². The number of nitrogens with one attached hydrogen (secondary N) is 2. The van der Waals surface area contributed by atoms with E-state index >= 15 is 0 Å². The van der Waals surface area contributed by atoms with Gasteiger partial charge in [-0.15, -0.1) is 0 Å². The van der Waals surface area contributed by atoms with E-state index in [1.54, 1.807) is 13.0 Å². The minimum absolute atomic E-state index is 0.300. The van der Waals surface area contributed by atoms with Crippen molar-refractivity contribution < 1.29 is 12.8 Å². The van der Waals surface area contributed by atoms with Gasteiger partial charge in [-0.3, -0.25) is 0 Å². The summed E-state index contributed by atoms with van der Waals surface area (Å²) in [7, 11) is -0.149. The number of hydrogen-bond donors (Lipinski definition) is 2. The second-order valence-electron chi connectivity index (χ2n) is 5.33. The molecule has 21 heavy (non-hydrogen) atoms. The van der Waals surface area contributed by atoms with Crippen molar-refractivity contribution >= 4 is 10.0 Å². The summed E-state index contributed by atoms with van der Waals surface area (Å²) in [4.78, 5) is 1.55. The van der Waals surface area contributed by atoms with Gasteiger partial charge in [-0.05, 0) is 45.3 Å². The molecule has 120 valence electrons. The Labute approximate surface area is 126 Å². The van der Waals surface area contributed by atoms with Crippen molar-refractivity contribution in [1.82, 2.24) is 14.9 Å². The molecule has 2 N–H and O–H groups in total. The maximum Gasteiger partial charge on any atom is 0.243 e. The summed E-state index contributed by atoms with van der Waals surface area (Å²) >= 11 is 0. The molecule has 0 bridgehead atoms. The van der Waals surface area contributed by atoms with Crippen LogP contribution >= 0.6 is 0 Å². The number of benzene rings is 1. The molecule has 0 fully saturated rings. The van der Waals surface area contributed by atoms with Gasteiger partial charge in [-0.25, -0.2) is 17.5 Å². The number of likely N-dealkylation sites (N-methyl/N-ethyl adjacent to an activating group) is 1. The monoisotopic (exact) mass is 317 g/mol. The number of halogens is 1. The van der Waals surface area contributed by atoms with E-state index in [0.29, 0.717) is 13.1 Å². The Hall–Kier alpha value is -1.02. The van der Waals surface area contributed by atoms with Crippen molar-refractivity contribution in [2.75, 3.05) is 27.2 Å². The Morgan fingerprint density at radius 2 is 2.00 bits per heavy atom. The maximum absolute atomic E-state index is 14.0. The summed E-state index contributed by atoms with van der Waals surface area (Å²) in [6, 6.07) is 3.89. The van der Waals surface area contributed by atoms with Crippen LogP contribution in [0.4, 0.5) is 4.39 Å². The van der Waals surface area contributed by atoms with Gasteiger partial charge in [0.1, 0.15) is 10.7 Å². The summed E-state index contributed by atoms with van der Waals surface area (Å²) < 4.78 is 40.9.